The molecule has 6 nitrogen and oxygen atoms in total. The van der Waals surface area contributed by atoms with Gasteiger partial charge in [0.05, 0.1) is 26.4 Å². The van der Waals surface area contributed by atoms with Gasteiger partial charge in [-0.25, -0.2) is 14.2 Å². The average Bonchev–Trinajstić information content (AvgIpc) is 2.90. The fourth-order valence-corrected chi connectivity index (χ4v) is 1.75. The zero-order valence-corrected chi connectivity index (χ0v) is 11.8. The van der Waals surface area contributed by atoms with Gasteiger partial charge in [0.1, 0.15) is 17.3 Å². The van der Waals surface area contributed by atoms with E-state index in [1.54, 1.807) is 6.07 Å². The Kier molecular flexibility index (Phi) is 4.54. The summed E-state index contributed by atoms with van der Waals surface area (Å²) < 4.78 is 33.8. The van der Waals surface area contributed by atoms with Gasteiger partial charge in [0.25, 0.3) is 0 Å². The van der Waals surface area contributed by atoms with Crippen molar-refractivity contribution < 1.29 is 27.8 Å². The van der Waals surface area contributed by atoms with E-state index < -0.39 is 11.8 Å². The number of esters is 1. The summed E-state index contributed by atoms with van der Waals surface area (Å²) in [7, 11) is 4.10. The molecule has 2 rings (SSSR count). The molecule has 0 fully saturated rings. The first-order valence-corrected chi connectivity index (χ1v) is 6.01. The quantitative estimate of drug-likeness (QED) is 0.789. The number of rotatable bonds is 5. The molecule has 0 saturated carbocycles. The minimum atomic E-state index is -0.699. The van der Waals surface area contributed by atoms with Gasteiger partial charge < -0.3 is 18.6 Å². The molecule has 7 heteroatoms. The van der Waals surface area contributed by atoms with E-state index in [1.807, 2.05) is 0 Å². The van der Waals surface area contributed by atoms with Crippen molar-refractivity contribution in [3.8, 4) is 17.2 Å². The Morgan fingerprint density at radius 3 is 2.67 bits per heavy atom. The van der Waals surface area contributed by atoms with Crippen LogP contribution in [-0.4, -0.2) is 32.3 Å². The lowest BCUT2D eigenvalue weighted by molar-refractivity contribution is 0.0559. The smallest absolute Gasteiger partial charge is 0.376 e. The van der Waals surface area contributed by atoms with Crippen LogP contribution in [0.15, 0.2) is 22.6 Å². The largest absolute Gasteiger partial charge is 0.497 e. The molecule has 112 valence electrons. The van der Waals surface area contributed by atoms with E-state index in [0.29, 0.717) is 5.75 Å². The fraction of sp³-hybridized carbons (Fsp3) is 0.286. The van der Waals surface area contributed by atoms with Gasteiger partial charge in [0, 0.05) is 13.2 Å². The number of benzene rings is 1. The molecule has 0 spiro atoms. The molecule has 0 aliphatic rings. The standard InChI is InChI=1S/C14H14FNO5/c1-18-7-11-12(14(17)20-3)21-13(16-11)9-5-4-8(19-2)6-10(9)15/h4-6H,7H2,1-3H3. The maximum absolute atomic E-state index is 14.0. The molecule has 0 bridgehead atoms. The number of carbonyl (C=O) groups is 1. The van der Waals surface area contributed by atoms with Gasteiger partial charge in [-0.05, 0) is 12.1 Å². The lowest BCUT2D eigenvalue weighted by atomic mass is 10.2. The van der Waals surface area contributed by atoms with E-state index in [0.717, 1.165) is 0 Å². The Hall–Kier alpha value is -2.41. The van der Waals surface area contributed by atoms with Gasteiger partial charge >= 0.3 is 5.97 Å². The van der Waals surface area contributed by atoms with Gasteiger partial charge in [-0.2, -0.15) is 0 Å². The molecule has 1 heterocycles. The number of nitrogens with zero attached hydrogens (tertiary/aromatic N) is 1. The lowest BCUT2D eigenvalue weighted by Gasteiger charge is -2.02. The minimum Gasteiger partial charge on any atom is -0.497 e. The van der Waals surface area contributed by atoms with E-state index in [9.17, 15) is 9.18 Å². The molecule has 0 atom stereocenters. The van der Waals surface area contributed by atoms with Crippen molar-refractivity contribution in [2.24, 2.45) is 0 Å². The molecule has 21 heavy (non-hydrogen) atoms. The van der Waals surface area contributed by atoms with Crippen LogP contribution in [0.1, 0.15) is 16.2 Å². The highest BCUT2D eigenvalue weighted by atomic mass is 19.1. The minimum absolute atomic E-state index is 0.0254. The van der Waals surface area contributed by atoms with Crippen LogP contribution >= 0.6 is 0 Å². The van der Waals surface area contributed by atoms with Gasteiger partial charge in [-0.1, -0.05) is 0 Å². The molecule has 1 aromatic carbocycles. The molecular formula is C14H14FNO5. The molecule has 2 aromatic rings. The third-order valence-corrected chi connectivity index (χ3v) is 2.76. The summed E-state index contributed by atoms with van der Waals surface area (Å²) in [4.78, 5) is 15.7. The van der Waals surface area contributed by atoms with E-state index >= 15 is 0 Å². The van der Waals surface area contributed by atoms with Crippen LogP contribution in [0.2, 0.25) is 0 Å². The zero-order chi connectivity index (χ0) is 15.4. The zero-order valence-electron chi connectivity index (χ0n) is 11.8. The summed E-state index contributed by atoms with van der Waals surface area (Å²) in [5.41, 5.74) is 0.359. The van der Waals surface area contributed by atoms with E-state index in [4.69, 9.17) is 13.9 Å². The van der Waals surface area contributed by atoms with Crippen LogP contribution < -0.4 is 4.74 Å². The van der Waals surface area contributed by atoms with Crippen molar-refractivity contribution >= 4 is 5.97 Å². The number of ether oxygens (including phenoxy) is 3. The monoisotopic (exact) mass is 295 g/mol. The Morgan fingerprint density at radius 1 is 1.33 bits per heavy atom. The first-order valence-electron chi connectivity index (χ1n) is 6.01. The first-order chi connectivity index (χ1) is 10.1. The summed E-state index contributed by atoms with van der Waals surface area (Å²) in [6, 6.07) is 4.22. The van der Waals surface area contributed by atoms with E-state index in [-0.39, 0.29) is 29.5 Å². The van der Waals surface area contributed by atoms with Crippen LogP contribution in [0.4, 0.5) is 4.39 Å². The number of carbonyl (C=O) groups excluding carboxylic acids is 1. The summed E-state index contributed by atoms with van der Waals surface area (Å²) in [5, 5.41) is 0. The van der Waals surface area contributed by atoms with Crippen LogP contribution in [-0.2, 0) is 16.1 Å². The third kappa shape index (κ3) is 3.03. The SMILES string of the molecule is COCc1nc(-c2ccc(OC)cc2F)oc1C(=O)OC. The molecule has 0 N–H and O–H groups in total. The summed E-state index contributed by atoms with van der Waals surface area (Å²) >= 11 is 0. The van der Waals surface area contributed by atoms with Gasteiger partial charge in [-0.15, -0.1) is 0 Å². The van der Waals surface area contributed by atoms with Crippen molar-refractivity contribution in [2.75, 3.05) is 21.3 Å². The number of hydrogen-bond acceptors (Lipinski definition) is 6. The predicted octanol–water partition coefficient (Wildman–Crippen LogP) is 2.42. The number of methoxy groups -OCH3 is 3. The second kappa shape index (κ2) is 6.36. The van der Waals surface area contributed by atoms with Crippen molar-refractivity contribution in [3.05, 3.63) is 35.5 Å². The van der Waals surface area contributed by atoms with Crippen LogP contribution in [0, 0.1) is 5.82 Å². The van der Waals surface area contributed by atoms with Crippen molar-refractivity contribution in [1.29, 1.82) is 0 Å². The maximum atomic E-state index is 14.0. The first kappa shape index (κ1) is 15.0. The topological polar surface area (TPSA) is 70.8 Å². The van der Waals surface area contributed by atoms with Crippen molar-refractivity contribution in [2.45, 2.75) is 6.61 Å². The highest BCUT2D eigenvalue weighted by Crippen LogP contribution is 2.28. The number of oxazole rings is 1. The van der Waals surface area contributed by atoms with Gasteiger partial charge in [-0.3, -0.25) is 0 Å². The number of hydrogen-bond donors (Lipinski definition) is 0. The van der Waals surface area contributed by atoms with Gasteiger partial charge in [0.15, 0.2) is 0 Å². The molecule has 0 aliphatic heterocycles. The highest BCUT2D eigenvalue weighted by Gasteiger charge is 2.23. The Bertz CT molecular complexity index is 653. The van der Waals surface area contributed by atoms with Crippen LogP contribution in [0.3, 0.4) is 0 Å². The third-order valence-electron chi connectivity index (χ3n) is 2.76. The van der Waals surface area contributed by atoms with E-state index in [2.05, 4.69) is 9.72 Å². The van der Waals surface area contributed by atoms with Crippen molar-refractivity contribution in [3.63, 3.8) is 0 Å². The predicted molar refractivity (Wildman–Crippen MR) is 70.5 cm³/mol. The fourth-order valence-electron chi connectivity index (χ4n) is 1.75. The Morgan fingerprint density at radius 2 is 2.10 bits per heavy atom. The summed E-state index contributed by atoms with van der Waals surface area (Å²) in [6.07, 6.45) is 0. The highest BCUT2D eigenvalue weighted by molar-refractivity contribution is 5.87. The second-order valence-electron chi connectivity index (χ2n) is 4.07. The van der Waals surface area contributed by atoms with E-state index in [1.165, 1.54) is 33.5 Å². The molecule has 0 aliphatic carbocycles. The summed E-state index contributed by atoms with van der Waals surface area (Å²) in [6.45, 7) is 0.0473. The molecule has 1 aromatic heterocycles. The molecule has 0 amide bonds. The average molecular weight is 295 g/mol. The Labute approximate surface area is 120 Å². The molecule has 0 saturated heterocycles. The van der Waals surface area contributed by atoms with Crippen molar-refractivity contribution in [1.82, 2.24) is 4.98 Å². The second-order valence-corrected chi connectivity index (χ2v) is 4.07. The normalized spacial score (nSPS) is 10.5. The Balaban J connectivity index is 2.47. The molecule has 0 radical (unpaired) electrons. The number of halogens is 1. The molecule has 0 unspecified atom stereocenters. The maximum Gasteiger partial charge on any atom is 0.376 e. The summed E-state index contributed by atoms with van der Waals surface area (Å²) in [5.74, 6) is -1.04. The molecular weight excluding hydrogens is 281 g/mol. The number of aromatic nitrogens is 1. The lowest BCUT2D eigenvalue weighted by Crippen LogP contribution is -2.04. The van der Waals surface area contributed by atoms with Crippen LogP contribution in [0.25, 0.3) is 11.5 Å². The van der Waals surface area contributed by atoms with Crippen LogP contribution in [0.5, 0.6) is 5.75 Å². The van der Waals surface area contributed by atoms with Gasteiger partial charge in [0.2, 0.25) is 11.7 Å².